The van der Waals surface area contributed by atoms with Crippen LogP contribution in [0.15, 0.2) is 60.7 Å². The highest BCUT2D eigenvalue weighted by Crippen LogP contribution is 2.39. The number of nitrogens with zero attached hydrogens (tertiary/aromatic N) is 1. The summed E-state index contributed by atoms with van der Waals surface area (Å²) in [7, 11) is -0.580. The average Bonchev–Trinajstić information content (AvgIpc) is 2.95. The number of rotatable bonds is 9. The number of amides is 2. The first-order chi connectivity index (χ1) is 19.8. The summed E-state index contributed by atoms with van der Waals surface area (Å²) in [5.74, 6) is 0.579. The molecule has 11 heteroatoms. The standard InChI is InChI=1S/C31H37N3O7S/c1-31(2,3)21-12-14-25-24(18-21)34(42(6,37)38)19-28(41-25)30(36)33-23-10-8-7-9-22(23)29(35)32-16-15-20-11-13-26(39-4)27(17-20)40-5/h7-14,17-18,28H,15-16,19H2,1-6H3,(H,32,35)(H,33,36). The van der Waals surface area contributed by atoms with E-state index in [-0.39, 0.29) is 29.1 Å². The summed E-state index contributed by atoms with van der Waals surface area (Å²) in [5, 5.41) is 5.64. The van der Waals surface area contributed by atoms with Crippen LogP contribution in [0.4, 0.5) is 11.4 Å². The minimum Gasteiger partial charge on any atom is -0.493 e. The predicted molar refractivity (Wildman–Crippen MR) is 162 cm³/mol. The summed E-state index contributed by atoms with van der Waals surface area (Å²) in [5.41, 5.74) is 2.63. The normalized spacial score (nSPS) is 14.8. The Hall–Kier alpha value is -4.25. The van der Waals surface area contributed by atoms with Crippen LogP contribution in [0.2, 0.25) is 0 Å². The number of ether oxygens (including phenoxy) is 3. The van der Waals surface area contributed by atoms with Crippen LogP contribution in [0.5, 0.6) is 17.2 Å². The molecule has 0 saturated heterocycles. The molecule has 0 spiro atoms. The highest BCUT2D eigenvalue weighted by Gasteiger charge is 2.36. The molecule has 0 radical (unpaired) electrons. The van der Waals surface area contributed by atoms with Crippen LogP contribution in [-0.4, -0.2) is 59.9 Å². The zero-order chi connectivity index (χ0) is 30.7. The Morgan fingerprint density at radius 2 is 1.71 bits per heavy atom. The summed E-state index contributed by atoms with van der Waals surface area (Å²) in [6, 6.07) is 17.5. The molecule has 2 amide bonds. The number of nitrogens with one attached hydrogen (secondary N) is 2. The van der Waals surface area contributed by atoms with E-state index in [1.165, 1.54) is 4.31 Å². The van der Waals surface area contributed by atoms with Gasteiger partial charge in [0.1, 0.15) is 5.75 Å². The number of para-hydroxylation sites is 1. The summed E-state index contributed by atoms with van der Waals surface area (Å²) < 4.78 is 43.2. The van der Waals surface area contributed by atoms with Gasteiger partial charge >= 0.3 is 0 Å². The van der Waals surface area contributed by atoms with Crippen molar-refractivity contribution in [2.24, 2.45) is 0 Å². The maximum absolute atomic E-state index is 13.4. The Bertz CT molecular complexity index is 1580. The molecule has 1 unspecified atom stereocenters. The molecule has 2 N–H and O–H groups in total. The molecule has 0 bridgehead atoms. The number of benzene rings is 3. The molecule has 0 aliphatic carbocycles. The fraction of sp³-hybridized carbons (Fsp3) is 0.355. The van der Waals surface area contributed by atoms with Gasteiger partial charge in [-0.2, -0.15) is 0 Å². The van der Waals surface area contributed by atoms with Crippen molar-refractivity contribution < 1.29 is 32.2 Å². The Kier molecular flexibility index (Phi) is 9.00. The lowest BCUT2D eigenvalue weighted by atomic mass is 9.86. The van der Waals surface area contributed by atoms with Crippen molar-refractivity contribution in [3.63, 3.8) is 0 Å². The smallest absolute Gasteiger partial charge is 0.267 e. The molecule has 0 fully saturated rings. The second kappa shape index (κ2) is 12.3. The van der Waals surface area contributed by atoms with E-state index in [1.54, 1.807) is 56.7 Å². The van der Waals surface area contributed by atoms with Gasteiger partial charge in [-0.15, -0.1) is 0 Å². The number of anilines is 2. The Labute approximate surface area is 247 Å². The van der Waals surface area contributed by atoms with Gasteiger partial charge in [0, 0.05) is 6.54 Å². The first-order valence-corrected chi connectivity index (χ1v) is 15.3. The van der Waals surface area contributed by atoms with E-state index in [1.807, 2.05) is 39.0 Å². The van der Waals surface area contributed by atoms with Gasteiger partial charge in [0.15, 0.2) is 17.6 Å². The van der Waals surface area contributed by atoms with E-state index >= 15 is 0 Å². The molecule has 1 heterocycles. The van der Waals surface area contributed by atoms with E-state index in [9.17, 15) is 18.0 Å². The predicted octanol–water partition coefficient (Wildman–Crippen LogP) is 4.14. The fourth-order valence-corrected chi connectivity index (χ4v) is 5.53. The average molecular weight is 596 g/mol. The van der Waals surface area contributed by atoms with Gasteiger partial charge in [-0.3, -0.25) is 13.9 Å². The first-order valence-electron chi connectivity index (χ1n) is 13.5. The molecule has 1 aliphatic rings. The molecular weight excluding hydrogens is 558 g/mol. The van der Waals surface area contributed by atoms with Gasteiger partial charge in [-0.1, -0.05) is 45.0 Å². The lowest BCUT2D eigenvalue weighted by molar-refractivity contribution is -0.122. The number of hydrogen-bond donors (Lipinski definition) is 2. The van der Waals surface area contributed by atoms with Crippen molar-refractivity contribution in [3.8, 4) is 17.2 Å². The zero-order valence-corrected chi connectivity index (χ0v) is 25.5. The van der Waals surface area contributed by atoms with Crippen LogP contribution in [0.25, 0.3) is 0 Å². The summed E-state index contributed by atoms with van der Waals surface area (Å²) in [6.45, 7) is 6.24. The number of carbonyl (C=O) groups is 2. The van der Waals surface area contributed by atoms with Gasteiger partial charge < -0.3 is 24.8 Å². The largest absolute Gasteiger partial charge is 0.493 e. The van der Waals surface area contributed by atoms with Crippen LogP contribution in [-0.2, 0) is 26.7 Å². The maximum Gasteiger partial charge on any atom is 0.267 e. The topological polar surface area (TPSA) is 123 Å². The highest BCUT2D eigenvalue weighted by atomic mass is 32.2. The molecule has 0 aromatic heterocycles. The first kappa shape index (κ1) is 30.7. The van der Waals surface area contributed by atoms with Crippen LogP contribution in [0, 0.1) is 0 Å². The Morgan fingerprint density at radius 1 is 1.00 bits per heavy atom. The van der Waals surface area contributed by atoms with Gasteiger partial charge in [-0.25, -0.2) is 8.42 Å². The number of methoxy groups -OCH3 is 2. The summed E-state index contributed by atoms with van der Waals surface area (Å²) >= 11 is 0. The molecule has 3 aromatic rings. The van der Waals surface area contributed by atoms with Crippen molar-refractivity contribution in [2.75, 3.05) is 43.2 Å². The van der Waals surface area contributed by atoms with Crippen LogP contribution < -0.4 is 29.1 Å². The van der Waals surface area contributed by atoms with Crippen molar-refractivity contribution in [1.82, 2.24) is 5.32 Å². The Balaban J connectivity index is 1.47. The van der Waals surface area contributed by atoms with E-state index in [0.717, 1.165) is 17.4 Å². The SMILES string of the molecule is COc1ccc(CCNC(=O)c2ccccc2NC(=O)C2CN(S(C)(=O)=O)c3cc(C(C)(C)C)ccc3O2)cc1OC. The monoisotopic (exact) mass is 595 g/mol. The zero-order valence-electron chi connectivity index (χ0n) is 24.7. The van der Waals surface area contributed by atoms with Gasteiger partial charge in [-0.05, 0) is 59.4 Å². The molecule has 4 rings (SSSR count). The summed E-state index contributed by atoms with van der Waals surface area (Å²) in [6.07, 6.45) is 0.519. The van der Waals surface area contributed by atoms with E-state index in [0.29, 0.717) is 35.9 Å². The molecule has 42 heavy (non-hydrogen) atoms. The van der Waals surface area contributed by atoms with Gasteiger partial charge in [0.25, 0.3) is 11.8 Å². The lowest BCUT2D eigenvalue weighted by Gasteiger charge is -2.35. The van der Waals surface area contributed by atoms with Crippen LogP contribution in [0.1, 0.15) is 42.3 Å². The Morgan fingerprint density at radius 3 is 2.38 bits per heavy atom. The molecule has 1 atom stereocenters. The maximum atomic E-state index is 13.4. The second-order valence-electron chi connectivity index (χ2n) is 11.1. The minimum atomic E-state index is -3.71. The highest BCUT2D eigenvalue weighted by molar-refractivity contribution is 7.92. The molecular formula is C31H37N3O7S. The summed E-state index contributed by atoms with van der Waals surface area (Å²) in [4.78, 5) is 26.4. The van der Waals surface area contributed by atoms with Gasteiger partial charge in [0.05, 0.1) is 44.0 Å². The number of sulfonamides is 1. The molecule has 1 aliphatic heterocycles. The number of fused-ring (bicyclic) bond motifs is 1. The second-order valence-corrected chi connectivity index (χ2v) is 13.0. The van der Waals surface area contributed by atoms with Crippen molar-refractivity contribution in [1.29, 1.82) is 0 Å². The molecule has 10 nitrogen and oxygen atoms in total. The fourth-order valence-electron chi connectivity index (χ4n) is 4.62. The van der Waals surface area contributed by atoms with Crippen molar-refractivity contribution in [3.05, 3.63) is 77.4 Å². The molecule has 3 aromatic carbocycles. The van der Waals surface area contributed by atoms with E-state index in [2.05, 4.69) is 10.6 Å². The molecule has 224 valence electrons. The third kappa shape index (κ3) is 6.96. The van der Waals surface area contributed by atoms with Crippen molar-refractivity contribution in [2.45, 2.75) is 38.7 Å². The van der Waals surface area contributed by atoms with Crippen molar-refractivity contribution >= 4 is 33.2 Å². The van der Waals surface area contributed by atoms with E-state index < -0.39 is 22.0 Å². The number of carbonyl (C=O) groups excluding carboxylic acids is 2. The van der Waals surface area contributed by atoms with Crippen LogP contribution in [0.3, 0.4) is 0 Å². The quantitative estimate of drug-likeness (QED) is 0.381. The number of hydrogen-bond acceptors (Lipinski definition) is 7. The van der Waals surface area contributed by atoms with Gasteiger partial charge in [0.2, 0.25) is 10.0 Å². The van der Waals surface area contributed by atoms with E-state index in [4.69, 9.17) is 14.2 Å². The lowest BCUT2D eigenvalue weighted by Crippen LogP contribution is -2.48. The molecule has 0 saturated carbocycles. The van der Waals surface area contributed by atoms with Crippen LogP contribution >= 0.6 is 0 Å². The third-order valence-corrected chi connectivity index (χ3v) is 8.11. The third-order valence-electron chi connectivity index (χ3n) is 6.96. The minimum absolute atomic E-state index is 0.203.